The van der Waals surface area contributed by atoms with Gasteiger partial charge in [0.2, 0.25) is 0 Å². The number of carbonyl (C=O) groups excluding carboxylic acids is 1. The summed E-state index contributed by atoms with van der Waals surface area (Å²) >= 11 is 0. The van der Waals surface area contributed by atoms with Crippen LogP contribution in [0.2, 0.25) is 0 Å². The SMILES string of the molecule is CC1(C)O[C@H]2[C@@H]3O[C@H]4[C@@H]5C[C@@H]6[C@H]4[C@]6(C(=O)[C@@]2(Cc2ccccc2)O1)[C@@H]53. The minimum atomic E-state index is -0.886. The molecule has 5 saturated carbocycles. The van der Waals surface area contributed by atoms with Gasteiger partial charge < -0.3 is 14.2 Å². The second-order valence-corrected chi connectivity index (χ2v) is 9.48. The summed E-state index contributed by atoms with van der Waals surface area (Å²) in [7, 11) is 0. The van der Waals surface area contributed by atoms with Gasteiger partial charge in [-0.05, 0) is 37.7 Å². The van der Waals surface area contributed by atoms with Crippen molar-refractivity contribution in [3.8, 4) is 0 Å². The summed E-state index contributed by atoms with van der Waals surface area (Å²) in [6.45, 7) is 3.87. The van der Waals surface area contributed by atoms with Crippen LogP contribution in [0.25, 0.3) is 0 Å². The Morgan fingerprint density at radius 1 is 1.12 bits per heavy atom. The van der Waals surface area contributed by atoms with E-state index < -0.39 is 11.4 Å². The van der Waals surface area contributed by atoms with Crippen LogP contribution in [-0.4, -0.2) is 35.5 Å². The van der Waals surface area contributed by atoms with Crippen LogP contribution in [0, 0.1) is 29.1 Å². The van der Waals surface area contributed by atoms with Gasteiger partial charge in [-0.1, -0.05) is 30.3 Å². The Balaban J connectivity index is 1.41. The van der Waals surface area contributed by atoms with Crippen LogP contribution in [-0.2, 0) is 25.4 Å². The number of ether oxygens (including phenoxy) is 3. The smallest absolute Gasteiger partial charge is 0.175 e. The summed E-state index contributed by atoms with van der Waals surface area (Å²) in [4.78, 5) is 14.0. The first-order valence-electron chi connectivity index (χ1n) is 9.61. The van der Waals surface area contributed by atoms with Crippen molar-refractivity contribution in [3.05, 3.63) is 35.9 Å². The van der Waals surface area contributed by atoms with E-state index in [2.05, 4.69) is 12.1 Å². The van der Waals surface area contributed by atoms with Crippen molar-refractivity contribution < 1.29 is 19.0 Å². The molecule has 5 aliphatic carbocycles. The van der Waals surface area contributed by atoms with Crippen molar-refractivity contribution in [2.75, 3.05) is 0 Å². The van der Waals surface area contributed by atoms with Crippen LogP contribution < -0.4 is 0 Å². The van der Waals surface area contributed by atoms with Crippen molar-refractivity contribution in [1.29, 1.82) is 0 Å². The average Bonchev–Trinajstić information content (AvgIpc) is 3.04. The first-order valence-corrected chi connectivity index (χ1v) is 9.61. The molecule has 0 radical (unpaired) electrons. The molecule has 0 amide bonds. The highest BCUT2D eigenvalue weighted by molar-refractivity contribution is 6.00. The van der Waals surface area contributed by atoms with Gasteiger partial charge in [-0.25, -0.2) is 0 Å². The monoisotopic (exact) mass is 338 g/mol. The second kappa shape index (κ2) is 3.73. The number of benzene rings is 1. The number of hydrogen-bond acceptors (Lipinski definition) is 4. The van der Waals surface area contributed by atoms with Crippen molar-refractivity contribution in [2.45, 2.75) is 56.4 Å². The quantitative estimate of drug-likeness (QED) is 0.830. The van der Waals surface area contributed by atoms with Gasteiger partial charge in [0.05, 0.1) is 12.2 Å². The van der Waals surface area contributed by atoms with E-state index in [9.17, 15) is 4.79 Å². The zero-order chi connectivity index (χ0) is 16.8. The van der Waals surface area contributed by atoms with Crippen molar-refractivity contribution in [2.24, 2.45) is 29.1 Å². The molecular formula is C21H22O4. The highest BCUT2D eigenvalue weighted by Gasteiger charge is 2.95. The highest BCUT2D eigenvalue weighted by atomic mass is 16.8. The van der Waals surface area contributed by atoms with Crippen LogP contribution in [0.4, 0.5) is 0 Å². The van der Waals surface area contributed by atoms with Crippen molar-refractivity contribution in [3.63, 3.8) is 0 Å². The van der Waals surface area contributed by atoms with Crippen molar-refractivity contribution in [1.82, 2.24) is 0 Å². The van der Waals surface area contributed by atoms with E-state index in [0.717, 1.165) is 5.56 Å². The molecule has 0 unspecified atom stereocenters. The average molecular weight is 338 g/mol. The molecule has 8 rings (SSSR count). The van der Waals surface area contributed by atoms with E-state index in [1.165, 1.54) is 6.42 Å². The number of fused-ring (bicyclic) bond motifs is 2. The first-order chi connectivity index (χ1) is 12.0. The maximum atomic E-state index is 14.0. The summed E-state index contributed by atoms with van der Waals surface area (Å²) in [5.41, 5.74) is 0.103. The Kier molecular flexibility index (Phi) is 2.08. The summed E-state index contributed by atoms with van der Waals surface area (Å²) in [6, 6.07) is 10.2. The van der Waals surface area contributed by atoms with Gasteiger partial charge in [-0.2, -0.15) is 0 Å². The molecule has 2 aliphatic heterocycles. The number of hydrogen-bond donors (Lipinski definition) is 0. The molecule has 0 aromatic heterocycles. The minimum absolute atomic E-state index is 0.0296. The van der Waals surface area contributed by atoms with Crippen LogP contribution in [0.1, 0.15) is 25.8 Å². The molecule has 4 heteroatoms. The third-order valence-corrected chi connectivity index (χ3v) is 8.16. The Morgan fingerprint density at radius 2 is 1.92 bits per heavy atom. The number of Topliss-reactive ketones (excluding diaryl/α,β-unsaturated/α-hetero) is 1. The molecule has 6 bridgehead atoms. The topological polar surface area (TPSA) is 44.8 Å². The Bertz CT molecular complexity index is 818. The van der Waals surface area contributed by atoms with Crippen LogP contribution in [0.15, 0.2) is 30.3 Å². The van der Waals surface area contributed by atoms with E-state index in [-0.39, 0.29) is 17.6 Å². The van der Waals surface area contributed by atoms with Crippen LogP contribution in [0.3, 0.4) is 0 Å². The maximum Gasteiger partial charge on any atom is 0.175 e. The first kappa shape index (κ1) is 13.9. The molecule has 7 fully saturated rings. The third-order valence-electron chi connectivity index (χ3n) is 8.16. The fourth-order valence-electron chi connectivity index (χ4n) is 7.83. The highest BCUT2D eigenvalue weighted by Crippen LogP contribution is 2.88. The molecule has 9 atom stereocenters. The molecule has 1 aromatic rings. The standard InChI is InChI=1S/C21H22O4/c1-19(2)24-17-16-13-11-8-12-14(15(11)23-16)21(12,13)18(22)20(17,25-19)9-10-6-4-3-5-7-10/h3-7,11-17H,8-9H2,1-2H3/t11-,12-,13+,14-,15+,16-,17+,20+,21-/m1/s1. The lowest BCUT2D eigenvalue weighted by atomic mass is 9.64. The molecule has 2 heterocycles. The Morgan fingerprint density at radius 3 is 2.68 bits per heavy atom. The zero-order valence-corrected chi connectivity index (χ0v) is 14.5. The summed E-state index contributed by atoms with van der Waals surface area (Å²) in [6.07, 6.45) is 1.83. The Hall–Kier alpha value is -1.23. The lowest BCUT2D eigenvalue weighted by molar-refractivity contribution is -0.180. The van der Waals surface area contributed by atoms with Gasteiger partial charge in [-0.15, -0.1) is 0 Å². The summed E-state index contributed by atoms with van der Waals surface area (Å²) < 4.78 is 19.3. The molecule has 1 spiro atoms. The lowest BCUT2D eigenvalue weighted by Crippen LogP contribution is -2.65. The predicted octanol–water partition coefficient (Wildman–Crippen LogP) is 2.35. The molecule has 7 aliphatic rings. The maximum absolute atomic E-state index is 14.0. The molecule has 1 aromatic carbocycles. The van der Waals surface area contributed by atoms with E-state index in [1.54, 1.807) is 0 Å². The largest absolute Gasteiger partial charge is 0.371 e. The number of carbonyl (C=O) groups is 1. The minimum Gasteiger partial charge on any atom is -0.371 e. The fourth-order valence-corrected chi connectivity index (χ4v) is 7.83. The predicted molar refractivity (Wildman–Crippen MR) is 87.6 cm³/mol. The van der Waals surface area contributed by atoms with Crippen molar-refractivity contribution >= 4 is 5.78 Å². The van der Waals surface area contributed by atoms with E-state index in [4.69, 9.17) is 14.2 Å². The zero-order valence-electron chi connectivity index (χ0n) is 14.5. The molecule has 4 nitrogen and oxygen atoms in total. The fraction of sp³-hybridized carbons (Fsp3) is 0.667. The van der Waals surface area contributed by atoms with Gasteiger partial charge in [0.15, 0.2) is 17.2 Å². The van der Waals surface area contributed by atoms with E-state index in [1.807, 2.05) is 32.0 Å². The van der Waals surface area contributed by atoms with Crippen LogP contribution >= 0.6 is 0 Å². The third kappa shape index (κ3) is 1.25. The molecule has 130 valence electrons. The van der Waals surface area contributed by atoms with E-state index >= 15 is 0 Å². The Labute approximate surface area is 146 Å². The summed E-state index contributed by atoms with van der Waals surface area (Å²) in [5, 5.41) is 0. The summed E-state index contributed by atoms with van der Waals surface area (Å²) in [5.74, 6) is 1.57. The van der Waals surface area contributed by atoms with Gasteiger partial charge in [-0.3, -0.25) is 4.79 Å². The van der Waals surface area contributed by atoms with Gasteiger partial charge in [0.1, 0.15) is 6.10 Å². The normalized spacial score (nSPS) is 57.8. The van der Waals surface area contributed by atoms with Gasteiger partial charge in [0.25, 0.3) is 0 Å². The van der Waals surface area contributed by atoms with Crippen LogP contribution in [0.5, 0.6) is 0 Å². The molecule has 25 heavy (non-hydrogen) atoms. The number of ketones is 1. The molecular weight excluding hydrogens is 316 g/mol. The van der Waals surface area contributed by atoms with Gasteiger partial charge >= 0.3 is 0 Å². The van der Waals surface area contributed by atoms with Gasteiger partial charge in [0, 0.05) is 23.7 Å². The van der Waals surface area contributed by atoms with E-state index in [0.29, 0.717) is 42.0 Å². The number of rotatable bonds is 2. The molecule has 2 saturated heterocycles. The lowest BCUT2D eigenvalue weighted by Gasteiger charge is -2.46. The second-order valence-electron chi connectivity index (χ2n) is 9.48. The molecule has 0 N–H and O–H groups in total.